The number of benzene rings is 3. The molecule has 0 saturated heterocycles. The van der Waals surface area contributed by atoms with Crippen molar-refractivity contribution in [2.75, 3.05) is 6.61 Å². The summed E-state index contributed by atoms with van der Waals surface area (Å²) in [4.78, 5) is 17.0. The Morgan fingerprint density at radius 1 is 0.902 bits per heavy atom. The first kappa shape index (κ1) is 26.3. The van der Waals surface area contributed by atoms with Gasteiger partial charge in [0.05, 0.1) is 28.3 Å². The highest BCUT2D eigenvalue weighted by Gasteiger charge is 2.41. The minimum absolute atomic E-state index is 0.199. The maximum Gasteiger partial charge on any atom is 0.341 e. The summed E-state index contributed by atoms with van der Waals surface area (Å²) in [5.41, 5.74) is 3.43. The second-order valence-electron chi connectivity index (χ2n) is 9.46. The molecule has 0 spiro atoms. The second-order valence-corrected chi connectivity index (χ2v) is 9.84. The fourth-order valence-corrected chi connectivity index (χ4v) is 5.69. The first-order chi connectivity index (χ1) is 20.1. The number of hydrogen-bond acceptors (Lipinski definition) is 7. The van der Waals surface area contributed by atoms with Gasteiger partial charge in [-0.05, 0) is 41.0 Å². The van der Waals surface area contributed by atoms with Crippen molar-refractivity contribution in [3.05, 3.63) is 136 Å². The molecule has 41 heavy (non-hydrogen) atoms. The van der Waals surface area contributed by atoms with Crippen LogP contribution >= 0.6 is 11.6 Å². The Kier molecular flexibility index (Phi) is 7.03. The zero-order chi connectivity index (χ0) is 28.4. The maximum absolute atomic E-state index is 12.4. The molecular weight excluding hydrogens is 538 g/mol. The van der Waals surface area contributed by atoms with Gasteiger partial charge >= 0.3 is 5.97 Å². The van der Waals surface area contributed by atoms with Gasteiger partial charge in [-0.3, -0.25) is 0 Å². The van der Waals surface area contributed by atoms with Crippen LogP contribution in [0.1, 0.15) is 45.5 Å². The molecule has 10 heteroatoms. The molecule has 0 aliphatic rings. The number of pyridine rings is 1. The molecule has 0 radical (unpaired) electrons. The van der Waals surface area contributed by atoms with Gasteiger partial charge in [-0.15, -0.1) is 5.10 Å². The Bertz CT molecular complexity index is 1720. The number of carbonyl (C=O) groups is 1. The average Bonchev–Trinajstić information content (AvgIpc) is 3.60. The summed E-state index contributed by atoms with van der Waals surface area (Å²) in [7, 11) is 0. The highest BCUT2D eigenvalue weighted by atomic mass is 35.5. The number of aryl methyl sites for hydroxylation is 1. The third kappa shape index (κ3) is 4.44. The van der Waals surface area contributed by atoms with Crippen LogP contribution in [0.25, 0.3) is 11.0 Å². The van der Waals surface area contributed by atoms with Crippen LogP contribution in [0.5, 0.6) is 0 Å². The summed E-state index contributed by atoms with van der Waals surface area (Å²) in [6.45, 7) is 4.01. The molecule has 3 aromatic carbocycles. The number of ether oxygens (including phenoxy) is 1. The van der Waals surface area contributed by atoms with Crippen molar-refractivity contribution in [3.63, 3.8) is 0 Å². The van der Waals surface area contributed by atoms with Gasteiger partial charge in [-0.2, -0.15) is 5.10 Å². The number of hydrogen-bond donors (Lipinski definition) is 0. The number of tetrazole rings is 1. The van der Waals surface area contributed by atoms with Crippen molar-refractivity contribution in [1.82, 2.24) is 35.0 Å². The van der Waals surface area contributed by atoms with Crippen LogP contribution in [-0.4, -0.2) is 47.5 Å². The summed E-state index contributed by atoms with van der Waals surface area (Å²) in [5.74, 6) is 0.0275. The molecule has 0 aliphatic heterocycles. The predicted molar refractivity (Wildman–Crippen MR) is 155 cm³/mol. The van der Waals surface area contributed by atoms with Gasteiger partial charge in [0.1, 0.15) is 12.1 Å². The maximum atomic E-state index is 12.4. The lowest BCUT2D eigenvalue weighted by molar-refractivity contribution is 0.0526. The average molecular weight is 564 g/mol. The third-order valence-electron chi connectivity index (χ3n) is 7.09. The smallest absolute Gasteiger partial charge is 0.341 e. The SMILES string of the molecule is CCOC(=O)c1cnc2c(c(C)nn2Cc2nnnn2C(c2ccccc2)(c2ccccc2)c2ccccc2)c1Cl. The lowest BCUT2D eigenvalue weighted by atomic mass is 9.77. The Labute approximate surface area is 241 Å². The minimum atomic E-state index is -0.886. The predicted octanol–water partition coefficient (Wildman–Crippen LogP) is 5.44. The Hall–Kier alpha value is -4.89. The highest BCUT2D eigenvalue weighted by Crippen LogP contribution is 2.41. The minimum Gasteiger partial charge on any atom is -0.462 e. The van der Waals surface area contributed by atoms with Crippen LogP contribution in [0.15, 0.2) is 97.2 Å². The molecule has 6 rings (SSSR count). The van der Waals surface area contributed by atoms with Crippen LogP contribution in [0.4, 0.5) is 0 Å². The first-order valence-electron chi connectivity index (χ1n) is 13.2. The van der Waals surface area contributed by atoms with E-state index in [0.717, 1.165) is 16.7 Å². The summed E-state index contributed by atoms with van der Waals surface area (Å²) in [6, 6.07) is 30.5. The molecule has 0 fully saturated rings. The zero-order valence-electron chi connectivity index (χ0n) is 22.5. The van der Waals surface area contributed by atoms with Crippen LogP contribution in [0, 0.1) is 6.92 Å². The molecule has 0 N–H and O–H groups in total. The largest absolute Gasteiger partial charge is 0.462 e. The number of fused-ring (bicyclic) bond motifs is 1. The van der Waals surface area contributed by atoms with Gasteiger partial charge in [-0.25, -0.2) is 19.1 Å². The molecule has 0 unspecified atom stereocenters. The van der Waals surface area contributed by atoms with Gasteiger partial charge in [0.2, 0.25) is 0 Å². The number of rotatable bonds is 8. The van der Waals surface area contributed by atoms with Gasteiger partial charge in [0, 0.05) is 6.20 Å². The quantitative estimate of drug-likeness (QED) is 0.179. The van der Waals surface area contributed by atoms with Crippen LogP contribution in [0.2, 0.25) is 5.02 Å². The van der Waals surface area contributed by atoms with Crippen molar-refractivity contribution in [1.29, 1.82) is 0 Å². The monoisotopic (exact) mass is 563 g/mol. The van der Waals surface area contributed by atoms with E-state index in [9.17, 15) is 4.79 Å². The van der Waals surface area contributed by atoms with Crippen LogP contribution < -0.4 is 0 Å². The molecule has 0 aliphatic carbocycles. The van der Waals surface area contributed by atoms with Crippen molar-refractivity contribution < 1.29 is 9.53 Å². The first-order valence-corrected chi connectivity index (χ1v) is 13.6. The van der Waals surface area contributed by atoms with E-state index < -0.39 is 11.5 Å². The van der Waals surface area contributed by atoms with Crippen LogP contribution in [0.3, 0.4) is 0 Å². The summed E-state index contributed by atoms with van der Waals surface area (Å²) < 4.78 is 8.71. The van der Waals surface area contributed by atoms with E-state index in [1.807, 2.05) is 66.2 Å². The van der Waals surface area contributed by atoms with Gasteiger partial charge in [0.25, 0.3) is 0 Å². The summed E-state index contributed by atoms with van der Waals surface area (Å²) >= 11 is 6.68. The molecule has 0 saturated carbocycles. The van der Waals surface area contributed by atoms with E-state index in [-0.39, 0.29) is 23.7 Å². The second kappa shape index (κ2) is 10.9. The molecule has 204 valence electrons. The van der Waals surface area contributed by atoms with E-state index in [2.05, 4.69) is 56.9 Å². The Balaban J connectivity index is 1.55. The van der Waals surface area contributed by atoms with E-state index in [0.29, 0.717) is 22.6 Å². The zero-order valence-corrected chi connectivity index (χ0v) is 23.2. The number of esters is 1. The van der Waals surface area contributed by atoms with Crippen molar-refractivity contribution >= 4 is 28.6 Å². The fraction of sp³-hybridized carbons (Fsp3) is 0.161. The summed E-state index contributed by atoms with van der Waals surface area (Å²) in [5, 5.41) is 18.7. The molecule has 0 atom stereocenters. The molecule has 0 amide bonds. The van der Waals surface area contributed by atoms with E-state index in [1.165, 1.54) is 6.20 Å². The fourth-order valence-electron chi connectivity index (χ4n) is 5.34. The van der Waals surface area contributed by atoms with Gasteiger partial charge in [0.15, 0.2) is 11.5 Å². The number of carbonyl (C=O) groups excluding carboxylic acids is 1. The van der Waals surface area contributed by atoms with Gasteiger partial charge in [-0.1, -0.05) is 103 Å². The third-order valence-corrected chi connectivity index (χ3v) is 7.48. The Morgan fingerprint density at radius 2 is 1.46 bits per heavy atom. The normalized spacial score (nSPS) is 11.6. The van der Waals surface area contributed by atoms with E-state index in [1.54, 1.807) is 11.6 Å². The van der Waals surface area contributed by atoms with E-state index in [4.69, 9.17) is 21.4 Å². The molecule has 3 aromatic heterocycles. The van der Waals surface area contributed by atoms with Crippen LogP contribution in [-0.2, 0) is 16.8 Å². The summed E-state index contributed by atoms with van der Waals surface area (Å²) in [6.07, 6.45) is 1.42. The number of nitrogens with zero attached hydrogens (tertiary/aromatic N) is 7. The molecular formula is C31H26ClN7O2. The number of aromatic nitrogens is 7. The molecule has 9 nitrogen and oxygen atoms in total. The topological polar surface area (TPSA) is 101 Å². The lowest BCUT2D eigenvalue weighted by Crippen LogP contribution is -2.40. The highest BCUT2D eigenvalue weighted by molar-refractivity contribution is 6.38. The molecule has 3 heterocycles. The van der Waals surface area contributed by atoms with E-state index >= 15 is 0 Å². The molecule has 0 bridgehead atoms. The van der Waals surface area contributed by atoms with Crippen molar-refractivity contribution in [2.24, 2.45) is 0 Å². The standard InChI is InChI=1S/C31H26ClN7O2/c1-3-41-30(40)25-19-33-29-27(28(25)32)21(2)35-38(29)20-26-34-36-37-39(26)31(22-13-7-4-8-14-22,23-15-9-5-10-16-23)24-17-11-6-12-18-24/h4-19H,3,20H2,1-2H3. The number of halogens is 1. The van der Waals surface area contributed by atoms with Gasteiger partial charge < -0.3 is 4.74 Å². The molecule has 6 aromatic rings. The Morgan fingerprint density at radius 3 is 2.00 bits per heavy atom. The van der Waals surface area contributed by atoms with Crippen molar-refractivity contribution in [3.8, 4) is 0 Å². The lowest BCUT2D eigenvalue weighted by Gasteiger charge is -2.36. The van der Waals surface area contributed by atoms with Crippen molar-refractivity contribution in [2.45, 2.75) is 25.9 Å².